The molecule has 1 amide bonds. The molecule has 0 saturated heterocycles. The van der Waals surface area contributed by atoms with Crippen LogP contribution in [0.5, 0.6) is 0 Å². The number of hydrogen-bond acceptors (Lipinski definition) is 6. The quantitative estimate of drug-likeness (QED) is 0.376. The highest BCUT2D eigenvalue weighted by Gasteiger charge is 2.15. The van der Waals surface area contributed by atoms with Crippen LogP contribution in [0.2, 0.25) is 0 Å². The summed E-state index contributed by atoms with van der Waals surface area (Å²) in [5, 5.41) is 18.7. The van der Waals surface area contributed by atoms with Crippen LogP contribution in [0.1, 0.15) is 21.8 Å². The van der Waals surface area contributed by atoms with E-state index >= 15 is 0 Å². The Labute approximate surface area is 155 Å². The number of carbonyl (C=O) groups is 1. The summed E-state index contributed by atoms with van der Waals surface area (Å²) in [5.41, 5.74) is 3.37. The zero-order valence-electron chi connectivity index (χ0n) is 13.2. The highest BCUT2D eigenvalue weighted by molar-refractivity contribution is 9.10. The Bertz CT molecular complexity index is 948. The predicted molar refractivity (Wildman–Crippen MR) is 95.9 cm³/mol. The molecule has 0 spiro atoms. The van der Waals surface area contributed by atoms with Crippen LogP contribution in [-0.4, -0.2) is 26.8 Å². The molecule has 132 valence electrons. The summed E-state index contributed by atoms with van der Waals surface area (Å²) in [6, 6.07) is 9.53. The number of rotatable bonds is 6. The van der Waals surface area contributed by atoms with Crippen molar-refractivity contribution in [2.75, 3.05) is 0 Å². The molecule has 26 heavy (non-hydrogen) atoms. The lowest BCUT2D eigenvalue weighted by atomic mass is 10.2. The number of furan rings is 1. The highest BCUT2D eigenvalue weighted by Crippen LogP contribution is 2.17. The fourth-order valence-corrected chi connectivity index (χ4v) is 2.61. The first kappa shape index (κ1) is 17.5. The van der Waals surface area contributed by atoms with Crippen LogP contribution in [0.4, 0.5) is 5.69 Å². The summed E-state index contributed by atoms with van der Waals surface area (Å²) in [4.78, 5) is 22.4. The Hall–Kier alpha value is -3.27. The van der Waals surface area contributed by atoms with E-state index in [1.54, 1.807) is 35.1 Å². The van der Waals surface area contributed by atoms with Crippen molar-refractivity contribution in [1.82, 2.24) is 15.2 Å². The third-order valence-electron chi connectivity index (χ3n) is 3.32. The second-order valence-corrected chi connectivity index (χ2v) is 6.02. The second-order valence-electron chi connectivity index (χ2n) is 5.16. The Kier molecular flexibility index (Phi) is 5.23. The van der Waals surface area contributed by atoms with Gasteiger partial charge in [-0.2, -0.15) is 10.2 Å². The topological polar surface area (TPSA) is 116 Å². The lowest BCUT2D eigenvalue weighted by Crippen LogP contribution is -2.19. The van der Waals surface area contributed by atoms with Crippen LogP contribution in [0.3, 0.4) is 0 Å². The lowest BCUT2D eigenvalue weighted by molar-refractivity contribution is -0.384. The smallest absolute Gasteiger partial charge is 0.293 e. The fraction of sp³-hybridized carbons (Fsp3) is 0.0625. The largest absolute Gasteiger partial charge is 0.463 e. The fourth-order valence-electron chi connectivity index (χ4n) is 2.11. The minimum Gasteiger partial charge on any atom is -0.463 e. The molecule has 1 N–H and O–H groups in total. The molecule has 3 aromatic rings. The minimum atomic E-state index is -0.484. The zero-order chi connectivity index (χ0) is 18.5. The first-order chi connectivity index (χ1) is 12.5. The van der Waals surface area contributed by atoms with Gasteiger partial charge in [0.25, 0.3) is 11.6 Å². The van der Waals surface area contributed by atoms with E-state index in [9.17, 15) is 14.9 Å². The maximum Gasteiger partial charge on any atom is 0.293 e. The average Bonchev–Trinajstić information content (AvgIpc) is 3.25. The highest BCUT2D eigenvalue weighted by atomic mass is 79.9. The van der Waals surface area contributed by atoms with Crippen LogP contribution in [-0.2, 0) is 6.54 Å². The van der Waals surface area contributed by atoms with Gasteiger partial charge in [-0.15, -0.1) is 0 Å². The molecule has 0 aliphatic heterocycles. The number of aromatic nitrogens is 2. The van der Waals surface area contributed by atoms with E-state index in [0.717, 1.165) is 5.56 Å². The summed E-state index contributed by atoms with van der Waals surface area (Å²) in [7, 11) is 0. The summed E-state index contributed by atoms with van der Waals surface area (Å²) in [6.45, 7) is 0.361. The van der Waals surface area contributed by atoms with E-state index in [4.69, 9.17) is 4.42 Å². The van der Waals surface area contributed by atoms with Gasteiger partial charge in [-0.1, -0.05) is 12.1 Å². The van der Waals surface area contributed by atoms with Gasteiger partial charge in [0.15, 0.2) is 5.69 Å². The van der Waals surface area contributed by atoms with Crippen LogP contribution in [0.15, 0.2) is 62.8 Å². The molecule has 0 bridgehead atoms. The SMILES string of the molecule is O=C(NN=Cc1ccco1)c1nn(Cc2ccc([N+](=O)[O-])cc2)cc1Br. The molecule has 0 saturated carbocycles. The summed E-state index contributed by atoms with van der Waals surface area (Å²) in [5.74, 6) is 0.0233. The van der Waals surface area contributed by atoms with Gasteiger partial charge in [0, 0.05) is 18.3 Å². The molecule has 0 unspecified atom stereocenters. The summed E-state index contributed by atoms with van der Waals surface area (Å²) < 4.78 is 7.12. The zero-order valence-corrected chi connectivity index (χ0v) is 14.8. The molecule has 2 heterocycles. The standard InChI is InChI=1S/C16H12BrN5O4/c17-14-10-21(9-11-3-5-12(6-4-11)22(24)25)20-15(14)16(23)19-18-8-13-2-1-7-26-13/h1-8,10H,9H2,(H,19,23). The van der Waals surface area contributed by atoms with Crippen molar-refractivity contribution in [2.24, 2.45) is 5.10 Å². The third kappa shape index (κ3) is 4.22. The number of nitrogens with zero attached hydrogens (tertiary/aromatic N) is 4. The van der Waals surface area contributed by atoms with E-state index in [1.807, 2.05) is 0 Å². The van der Waals surface area contributed by atoms with E-state index in [1.165, 1.54) is 24.6 Å². The molecule has 10 heteroatoms. The third-order valence-corrected chi connectivity index (χ3v) is 3.91. The number of non-ortho nitro benzene ring substituents is 1. The number of halogens is 1. The molecule has 0 aliphatic rings. The molecule has 2 aromatic heterocycles. The van der Waals surface area contributed by atoms with Gasteiger partial charge in [-0.25, -0.2) is 5.43 Å². The number of nitrogens with one attached hydrogen (secondary N) is 1. The van der Waals surface area contributed by atoms with Crippen LogP contribution < -0.4 is 5.43 Å². The van der Waals surface area contributed by atoms with Crippen molar-refractivity contribution in [1.29, 1.82) is 0 Å². The average molecular weight is 418 g/mol. The van der Waals surface area contributed by atoms with E-state index in [0.29, 0.717) is 16.8 Å². The van der Waals surface area contributed by atoms with E-state index in [2.05, 4.69) is 31.6 Å². The molecule has 0 radical (unpaired) electrons. The Balaban J connectivity index is 1.66. The molecule has 3 rings (SSSR count). The first-order valence-corrected chi connectivity index (χ1v) is 8.15. The van der Waals surface area contributed by atoms with Gasteiger partial charge in [-0.3, -0.25) is 19.6 Å². The van der Waals surface area contributed by atoms with Crippen molar-refractivity contribution < 1.29 is 14.1 Å². The maximum absolute atomic E-state index is 12.1. The van der Waals surface area contributed by atoms with Crippen molar-refractivity contribution >= 4 is 33.7 Å². The Morgan fingerprint density at radius 2 is 2.15 bits per heavy atom. The number of amides is 1. The van der Waals surface area contributed by atoms with Gasteiger partial charge < -0.3 is 4.42 Å². The first-order valence-electron chi connectivity index (χ1n) is 7.36. The number of nitro groups is 1. The van der Waals surface area contributed by atoms with Crippen molar-refractivity contribution in [3.8, 4) is 0 Å². The van der Waals surface area contributed by atoms with Crippen LogP contribution in [0.25, 0.3) is 0 Å². The molecule has 9 nitrogen and oxygen atoms in total. The number of benzene rings is 1. The molecular weight excluding hydrogens is 406 g/mol. The van der Waals surface area contributed by atoms with Gasteiger partial charge >= 0.3 is 0 Å². The molecule has 1 aromatic carbocycles. The number of nitro benzene ring substituents is 1. The predicted octanol–water partition coefficient (Wildman–Crippen LogP) is 2.96. The normalized spacial score (nSPS) is 11.0. The second kappa shape index (κ2) is 7.74. The maximum atomic E-state index is 12.1. The molecule has 0 atom stereocenters. The van der Waals surface area contributed by atoms with Gasteiger partial charge in [0.1, 0.15) is 5.76 Å². The molecule has 0 fully saturated rings. The van der Waals surface area contributed by atoms with Gasteiger partial charge in [0.2, 0.25) is 0 Å². The van der Waals surface area contributed by atoms with E-state index in [-0.39, 0.29) is 11.4 Å². The van der Waals surface area contributed by atoms with Crippen molar-refractivity contribution in [2.45, 2.75) is 6.54 Å². The van der Waals surface area contributed by atoms with Crippen LogP contribution in [0, 0.1) is 10.1 Å². The summed E-state index contributed by atoms with van der Waals surface area (Å²) >= 11 is 3.29. The molecule has 0 aliphatic carbocycles. The van der Waals surface area contributed by atoms with Gasteiger partial charge in [-0.05, 0) is 33.6 Å². The van der Waals surface area contributed by atoms with Crippen LogP contribution >= 0.6 is 15.9 Å². The van der Waals surface area contributed by atoms with E-state index < -0.39 is 10.8 Å². The number of carbonyl (C=O) groups excluding carboxylic acids is 1. The van der Waals surface area contributed by atoms with Crippen molar-refractivity contribution in [3.63, 3.8) is 0 Å². The van der Waals surface area contributed by atoms with Crippen molar-refractivity contribution in [3.05, 3.63) is 80.5 Å². The monoisotopic (exact) mass is 417 g/mol. The minimum absolute atomic E-state index is 0.0184. The Morgan fingerprint density at radius 1 is 1.38 bits per heavy atom. The Morgan fingerprint density at radius 3 is 2.81 bits per heavy atom. The number of hydrazone groups is 1. The lowest BCUT2D eigenvalue weighted by Gasteiger charge is -2.01. The molecular formula is C16H12BrN5O4. The summed E-state index contributed by atoms with van der Waals surface area (Å²) in [6.07, 6.45) is 4.52. The van der Waals surface area contributed by atoms with Gasteiger partial charge in [0.05, 0.1) is 28.4 Å². The number of hydrogen-bond donors (Lipinski definition) is 1.